The summed E-state index contributed by atoms with van der Waals surface area (Å²) >= 11 is 0. The van der Waals surface area contributed by atoms with Gasteiger partial charge in [-0.2, -0.15) is 0 Å². The van der Waals surface area contributed by atoms with Gasteiger partial charge in [0.15, 0.2) is 0 Å². The largest absolute Gasteiger partial charge is 0.428 e. The minimum Gasteiger partial charge on any atom is -0.428 e. The molecule has 0 amide bonds. The lowest BCUT2D eigenvalue weighted by Gasteiger charge is -2.30. The first-order valence-electron chi connectivity index (χ1n) is 5.35. The van der Waals surface area contributed by atoms with E-state index < -0.39 is 11.4 Å². The fourth-order valence-corrected chi connectivity index (χ4v) is 1.76. The molecule has 0 rings (SSSR count). The molecule has 0 fully saturated rings. The van der Waals surface area contributed by atoms with E-state index in [1.165, 1.54) is 6.92 Å². The average molecular weight is 230 g/mol. The molecule has 0 bridgehead atoms. The third kappa shape index (κ3) is 6.43. The molecule has 0 atom stereocenters. The second-order valence-electron chi connectivity index (χ2n) is 5.81. The minimum atomic E-state index is -0.571. The Balaban J connectivity index is 4.20. The van der Waals surface area contributed by atoms with Crippen LogP contribution < -0.4 is 0 Å². The monoisotopic (exact) mass is 230 g/mol. The van der Waals surface area contributed by atoms with E-state index in [1.54, 1.807) is 0 Å². The second-order valence-corrected chi connectivity index (χ2v) is 5.81. The van der Waals surface area contributed by atoms with E-state index in [4.69, 9.17) is 4.74 Å². The molecule has 0 aromatic carbocycles. The Labute approximate surface area is 97.3 Å². The summed E-state index contributed by atoms with van der Waals surface area (Å²) in [4.78, 5) is 22.2. The average Bonchev–Trinajstić information content (AvgIpc) is 1.98. The third-order valence-corrected chi connectivity index (χ3v) is 1.98. The zero-order valence-corrected chi connectivity index (χ0v) is 11.0. The molecule has 0 unspecified atom stereocenters. The van der Waals surface area contributed by atoms with Crippen molar-refractivity contribution in [1.29, 1.82) is 0 Å². The third-order valence-electron chi connectivity index (χ3n) is 1.98. The SMILES string of the molecule is CC(=O)OCOC(=O)C(C)(C)CC(C)(C)C. The fraction of sp³-hybridized carbons (Fsp3) is 0.833. The van der Waals surface area contributed by atoms with Crippen molar-refractivity contribution in [2.75, 3.05) is 6.79 Å². The topological polar surface area (TPSA) is 52.6 Å². The first kappa shape index (κ1) is 14.9. The highest BCUT2D eigenvalue weighted by Gasteiger charge is 2.34. The maximum atomic E-state index is 11.7. The van der Waals surface area contributed by atoms with Crippen molar-refractivity contribution < 1.29 is 19.1 Å². The molecule has 0 saturated carbocycles. The van der Waals surface area contributed by atoms with E-state index in [9.17, 15) is 9.59 Å². The summed E-state index contributed by atoms with van der Waals surface area (Å²) in [6.07, 6.45) is 0.707. The Hall–Kier alpha value is -1.06. The highest BCUT2D eigenvalue weighted by molar-refractivity contribution is 5.76. The number of hydrogen-bond acceptors (Lipinski definition) is 4. The van der Waals surface area contributed by atoms with Gasteiger partial charge in [0.05, 0.1) is 5.41 Å². The van der Waals surface area contributed by atoms with E-state index in [0.29, 0.717) is 6.42 Å². The quantitative estimate of drug-likeness (QED) is 0.550. The number of hydrogen-bond donors (Lipinski definition) is 0. The van der Waals surface area contributed by atoms with Gasteiger partial charge in [0.2, 0.25) is 6.79 Å². The highest BCUT2D eigenvalue weighted by atomic mass is 16.7. The van der Waals surface area contributed by atoms with E-state index in [2.05, 4.69) is 25.5 Å². The molecule has 0 spiro atoms. The van der Waals surface area contributed by atoms with E-state index in [-0.39, 0.29) is 18.2 Å². The van der Waals surface area contributed by atoms with E-state index in [0.717, 1.165) is 0 Å². The Morgan fingerprint density at radius 2 is 1.50 bits per heavy atom. The summed E-state index contributed by atoms with van der Waals surface area (Å²) in [7, 11) is 0. The van der Waals surface area contributed by atoms with E-state index in [1.807, 2.05) is 13.8 Å². The molecule has 4 nitrogen and oxygen atoms in total. The van der Waals surface area contributed by atoms with Crippen molar-refractivity contribution in [1.82, 2.24) is 0 Å². The zero-order chi connectivity index (χ0) is 13.0. The summed E-state index contributed by atoms with van der Waals surface area (Å²) in [6.45, 7) is 10.8. The van der Waals surface area contributed by atoms with E-state index >= 15 is 0 Å². The molecular formula is C12H22O4. The second kappa shape index (κ2) is 5.32. The Morgan fingerprint density at radius 1 is 1.00 bits per heavy atom. The molecule has 0 aromatic heterocycles. The van der Waals surface area contributed by atoms with Gasteiger partial charge < -0.3 is 9.47 Å². The van der Waals surface area contributed by atoms with Crippen molar-refractivity contribution in [3.05, 3.63) is 0 Å². The number of ether oxygens (including phenoxy) is 2. The lowest BCUT2D eigenvalue weighted by Crippen LogP contribution is -2.31. The van der Waals surface area contributed by atoms with Gasteiger partial charge in [0.25, 0.3) is 0 Å². The lowest BCUT2D eigenvalue weighted by atomic mass is 9.76. The molecule has 0 N–H and O–H groups in total. The van der Waals surface area contributed by atoms with Crippen molar-refractivity contribution in [2.45, 2.75) is 48.0 Å². The Morgan fingerprint density at radius 3 is 1.88 bits per heavy atom. The van der Waals surface area contributed by atoms with Gasteiger partial charge in [0, 0.05) is 6.92 Å². The maximum Gasteiger partial charge on any atom is 0.314 e. The van der Waals surface area contributed by atoms with Crippen LogP contribution in [-0.2, 0) is 19.1 Å². The summed E-state index contributed by atoms with van der Waals surface area (Å²) in [5.41, 5.74) is -0.525. The van der Waals surface area contributed by atoms with Crippen LogP contribution >= 0.6 is 0 Å². The summed E-state index contributed by atoms with van der Waals surface area (Å²) in [5, 5.41) is 0. The summed E-state index contributed by atoms with van der Waals surface area (Å²) in [6, 6.07) is 0. The lowest BCUT2D eigenvalue weighted by molar-refractivity contribution is -0.173. The highest BCUT2D eigenvalue weighted by Crippen LogP contribution is 2.33. The van der Waals surface area contributed by atoms with Crippen LogP contribution in [0.25, 0.3) is 0 Å². The molecule has 0 heterocycles. The first-order chi connectivity index (χ1) is 7.04. The van der Waals surface area contributed by atoms with Gasteiger partial charge in [-0.3, -0.25) is 9.59 Å². The van der Waals surface area contributed by atoms with Gasteiger partial charge >= 0.3 is 11.9 Å². The fourth-order valence-electron chi connectivity index (χ4n) is 1.76. The molecule has 94 valence electrons. The van der Waals surface area contributed by atoms with Crippen LogP contribution in [-0.4, -0.2) is 18.7 Å². The summed E-state index contributed by atoms with van der Waals surface area (Å²) < 4.78 is 9.44. The number of esters is 2. The Kier molecular flexibility index (Phi) is 4.97. The molecule has 4 heteroatoms. The summed E-state index contributed by atoms with van der Waals surface area (Å²) in [5.74, 6) is -0.801. The molecular weight excluding hydrogens is 208 g/mol. The number of carbonyl (C=O) groups is 2. The van der Waals surface area contributed by atoms with Gasteiger partial charge in [-0.05, 0) is 25.7 Å². The molecule has 0 radical (unpaired) electrons. The molecule has 0 aliphatic rings. The maximum absolute atomic E-state index is 11.7. The van der Waals surface area contributed by atoms with Gasteiger partial charge in [-0.15, -0.1) is 0 Å². The molecule has 0 aromatic rings. The first-order valence-corrected chi connectivity index (χ1v) is 5.35. The van der Waals surface area contributed by atoms with Gasteiger partial charge in [0.1, 0.15) is 0 Å². The molecule has 0 aliphatic heterocycles. The van der Waals surface area contributed by atoms with Crippen molar-refractivity contribution in [3.63, 3.8) is 0 Å². The van der Waals surface area contributed by atoms with Crippen LogP contribution in [0.4, 0.5) is 0 Å². The molecule has 0 aliphatic carbocycles. The van der Waals surface area contributed by atoms with Crippen LogP contribution in [0.15, 0.2) is 0 Å². The normalized spacial score (nSPS) is 12.1. The predicted octanol–water partition coefficient (Wildman–Crippen LogP) is 2.51. The standard InChI is InChI=1S/C12H22O4/c1-9(13)15-8-16-10(14)12(5,6)7-11(2,3)4/h7-8H2,1-6H3. The number of carbonyl (C=O) groups excluding carboxylic acids is 2. The minimum absolute atomic E-state index is 0.0456. The molecule has 0 saturated heterocycles. The predicted molar refractivity (Wildman–Crippen MR) is 60.6 cm³/mol. The molecule has 16 heavy (non-hydrogen) atoms. The Bertz CT molecular complexity index is 261. The van der Waals surface area contributed by atoms with Crippen molar-refractivity contribution in [3.8, 4) is 0 Å². The van der Waals surface area contributed by atoms with Crippen molar-refractivity contribution >= 4 is 11.9 Å². The number of rotatable bonds is 4. The van der Waals surface area contributed by atoms with Crippen LogP contribution in [0.5, 0.6) is 0 Å². The van der Waals surface area contributed by atoms with Crippen LogP contribution in [0.1, 0.15) is 48.0 Å². The van der Waals surface area contributed by atoms with Gasteiger partial charge in [-0.1, -0.05) is 20.8 Å². The van der Waals surface area contributed by atoms with Gasteiger partial charge in [-0.25, -0.2) is 0 Å². The van der Waals surface area contributed by atoms with Crippen molar-refractivity contribution in [2.24, 2.45) is 10.8 Å². The zero-order valence-electron chi connectivity index (χ0n) is 11.0. The smallest absolute Gasteiger partial charge is 0.314 e. The van der Waals surface area contributed by atoms with Crippen LogP contribution in [0, 0.1) is 10.8 Å². The van der Waals surface area contributed by atoms with Crippen LogP contribution in [0.3, 0.4) is 0 Å². The van der Waals surface area contributed by atoms with Crippen LogP contribution in [0.2, 0.25) is 0 Å².